The molecule has 6 nitrogen and oxygen atoms in total. The van der Waals surface area contributed by atoms with Gasteiger partial charge in [0.05, 0.1) is 33.1 Å². The molecule has 0 saturated heterocycles. The van der Waals surface area contributed by atoms with Crippen LogP contribution in [-0.2, 0) is 28.9 Å². The number of hydrogen-bond donors (Lipinski definition) is 1. The van der Waals surface area contributed by atoms with Gasteiger partial charge in [-0.1, -0.05) is 31.2 Å². The van der Waals surface area contributed by atoms with E-state index in [0.29, 0.717) is 24.5 Å². The summed E-state index contributed by atoms with van der Waals surface area (Å²) in [6.07, 6.45) is 1.66. The molecule has 0 fully saturated rings. The van der Waals surface area contributed by atoms with E-state index in [0.717, 1.165) is 23.1 Å². The first kappa shape index (κ1) is 20.7. The number of ether oxygens (including phenoxy) is 2. The average molecular weight is 397 g/mol. The summed E-state index contributed by atoms with van der Waals surface area (Å²) in [6.45, 7) is 2.56. The highest BCUT2D eigenvalue weighted by Gasteiger charge is 2.33. The Bertz CT molecular complexity index is 908. The van der Waals surface area contributed by atoms with Crippen LogP contribution in [0.4, 0.5) is 0 Å². The third-order valence-electron chi connectivity index (χ3n) is 5.45. The molecule has 2 aromatic rings. The van der Waals surface area contributed by atoms with Crippen molar-refractivity contribution in [1.82, 2.24) is 4.90 Å². The Morgan fingerprint density at radius 1 is 1.10 bits per heavy atom. The predicted octanol–water partition coefficient (Wildman–Crippen LogP) is 3.41. The SMILES string of the molecule is CCc1cccc(CC(=O)N2CCc3cc(OC)c(OC)cc3C2CC(=O)O)c1. The van der Waals surface area contributed by atoms with Crippen LogP contribution in [0.3, 0.4) is 0 Å². The normalized spacial score (nSPS) is 15.6. The lowest BCUT2D eigenvalue weighted by molar-refractivity contribution is -0.141. The maximum absolute atomic E-state index is 13.1. The number of fused-ring (bicyclic) bond motifs is 1. The van der Waals surface area contributed by atoms with E-state index in [9.17, 15) is 14.7 Å². The fraction of sp³-hybridized carbons (Fsp3) is 0.391. The first-order valence-corrected chi connectivity index (χ1v) is 9.80. The van der Waals surface area contributed by atoms with Gasteiger partial charge in [-0.25, -0.2) is 0 Å². The Labute approximate surface area is 171 Å². The third-order valence-corrected chi connectivity index (χ3v) is 5.45. The van der Waals surface area contributed by atoms with Crippen LogP contribution in [0.5, 0.6) is 11.5 Å². The number of carboxylic acid groups (broad SMARTS) is 1. The molecule has 1 aliphatic heterocycles. The highest BCUT2D eigenvalue weighted by Crippen LogP contribution is 2.39. The fourth-order valence-corrected chi connectivity index (χ4v) is 3.95. The van der Waals surface area contributed by atoms with E-state index >= 15 is 0 Å². The van der Waals surface area contributed by atoms with Crippen molar-refractivity contribution < 1.29 is 24.2 Å². The van der Waals surface area contributed by atoms with Crippen molar-refractivity contribution in [2.24, 2.45) is 0 Å². The van der Waals surface area contributed by atoms with Crippen LogP contribution in [0.25, 0.3) is 0 Å². The molecule has 0 aromatic heterocycles. The van der Waals surface area contributed by atoms with Crippen molar-refractivity contribution in [2.45, 2.75) is 38.6 Å². The van der Waals surface area contributed by atoms with Gasteiger partial charge in [0.15, 0.2) is 11.5 Å². The molecule has 1 unspecified atom stereocenters. The molecule has 1 aliphatic rings. The maximum atomic E-state index is 13.1. The quantitative estimate of drug-likeness (QED) is 0.775. The van der Waals surface area contributed by atoms with Crippen LogP contribution < -0.4 is 9.47 Å². The Morgan fingerprint density at radius 2 is 1.79 bits per heavy atom. The van der Waals surface area contributed by atoms with Crippen LogP contribution in [0, 0.1) is 0 Å². The standard InChI is InChI=1S/C23H27NO5/c1-4-15-6-5-7-16(10-15)11-22(25)24-9-8-17-12-20(28-2)21(29-3)13-18(17)19(24)14-23(26)27/h5-7,10,12-13,19H,4,8-9,11,14H2,1-3H3,(H,26,27). The number of benzene rings is 2. The van der Waals surface area contributed by atoms with E-state index in [1.54, 1.807) is 25.2 Å². The minimum absolute atomic E-state index is 0.0649. The minimum atomic E-state index is -0.941. The molecule has 1 N–H and O–H groups in total. The van der Waals surface area contributed by atoms with Crippen LogP contribution >= 0.6 is 0 Å². The molecule has 0 radical (unpaired) electrons. The van der Waals surface area contributed by atoms with Crippen molar-refractivity contribution >= 4 is 11.9 Å². The lowest BCUT2D eigenvalue weighted by Gasteiger charge is -2.37. The zero-order chi connectivity index (χ0) is 21.0. The second kappa shape index (κ2) is 8.99. The Balaban J connectivity index is 1.92. The highest BCUT2D eigenvalue weighted by atomic mass is 16.5. The van der Waals surface area contributed by atoms with Crippen molar-refractivity contribution in [1.29, 1.82) is 0 Å². The molecule has 0 aliphatic carbocycles. The molecule has 1 heterocycles. The summed E-state index contributed by atoms with van der Waals surface area (Å²) in [5.74, 6) is 0.136. The van der Waals surface area contributed by atoms with Gasteiger partial charge in [0.25, 0.3) is 0 Å². The number of hydrogen-bond acceptors (Lipinski definition) is 4. The van der Waals surface area contributed by atoms with Crippen molar-refractivity contribution in [3.8, 4) is 11.5 Å². The molecule has 0 spiro atoms. The Kier molecular flexibility index (Phi) is 6.42. The largest absolute Gasteiger partial charge is 0.493 e. The van der Waals surface area contributed by atoms with Gasteiger partial charge in [-0.3, -0.25) is 9.59 Å². The summed E-state index contributed by atoms with van der Waals surface area (Å²) in [4.78, 5) is 26.4. The van der Waals surface area contributed by atoms with Gasteiger partial charge in [0.1, 0.15) is 0 Å². The Hall–Kier alpha value is -3.02. The van der Waals surface area contributed by atoms with Gasteiger partial charge < -0.3 is 19.5 Å². The van der Waals surface area contributed by atoms with E-state index < -0.39 is 12.0 Å². The number of aliphatic carboxylic acids is 1. The zero-order valence-corrected chi connectivity index (χ0v) is 17.1. The lowest BCUT2D eigenvalue weighted by atomic mass is 9.89. The molecule has 154 valence electrons. The molecule has 0 saturated carbocycles. The van der Waals surface area contributed by atoms with E-state index in [1.807, 2.05) is 30.3 Å². The van der Waals surface area contributed by atoms with E-state index in [4.69, 9.17) is 9.47 Å². The van der Waals surface area contributed by atoms with E-state index in [2.05, 4.69) is 6.92 Å². The van der Waals surface area contributed by atoms with Crippen molar-refractivity contribution in [3.63, 3.8) is 0 Å². The molecule has 1 amide bonds. The number of rotatable bonds is 7. The van der Waals surface area contributed by atoms with Crippen LogP contribution in [0.2, 0.25) is 0 Å². The number of nitrogens with zero attached hydrogens (tertiary/aromatic N) is 1. The number of amides is 1. The summed E-state index contributed by atoms with van der Waals surface area (Å²) in [7, 11) is 3.12. The molecular formula is C23H27NO5. The van der Waals surface area contributed by atoms with Crippen LogP contribution in [-0.4, -0.2) is 42.6 Å². The van der Waals surface area contributed by atoms with E-state index in [1.165, 1.54) is 5.56 Å². The summed E-state index contributed by atoms with van der Waals surface area (Å²) in [6, 6.07) is 11.1. The van der Waals surface area contributed by atoms with Gasteiger partial charge in [0, 0.05) is 6.54 Å². The first-order chi connectivity index (χ1) is 14.0. The third kappa shape index (κ3) is 4.53. The minimum Gasteiger partial charge on any atom is -0.493 e. The second-order valence-electron chi connectivity index (χ2n) is 7.21. The summed E-state index contributed by atoms with van der Waals surface area (Å²) >= 11 is 0. The molecule has 2 aromatic carbocycles. The number of aryl methyl sites for hydroxylation is 1. The van der Waals surface area contributed by atoms with Crippen molar-refractivity contribution in [3.05, 3.63) is 58.7 Å². The van der Waals surface area contributed by atoms with Gasteiger partial charge in [0.2, 0.25) is 5.91 Å². The number of carbonyl (C=O) groups excluding carboxylic acids is 1. The zero-order valence-electron chi connectivity index (χ0n) is 17.1. The predicted molar refractivity (Wildman–Crippen MR) is 109 cm³/mol. The van der Waals surface area contributed by atoms with Crippen LogP contribution in [0.1, 0.15) is 41.6 Å². The van der Waals surface area contributed by atoms with Gasteiger partial charge >= 0.3 is 5.97 Å². The smallest absolute Gasteiger partial charge is 0.305 e. The van der Waals surface area contributed by atoms with Crippen molar-refractivity contribution in [2.75, 3.05) is 20.8 Å². The second-order valence-corrected chi connectivity index (χ2v) is 7.21. The number of methoxy groups -OCH3 is 2. The molecular weight excluding hydrogens is 370 g/mol. The fourth-order valence-electron chi connectivity index (χ4n) is 3.95. The summed E-state index contributed by atoms with van der Waals surface area (Å²) in [5, 5.41) is 9.48. The lowest BCUT2D eigenvalue weighted by Crippen LogP contribution is -2.41. The topological polar surface area (TPSA) is 76.1 Å². The molecule has 1 atom stereocenters. The van der Waals surface area contributed by atoms with E-state index in [-0.39, 0.29) is 18.7 Å². The Morgan fingerprint density at radius 3 is 2.45 bits per heavy atom. The highest BCUT2D eigenvalue weighted by molar-refractivity contribution is 5.81. The molecule has 6 heteroatoms. The summed E-state index contributed by atoms with van der Waals surface area (Å²) < 4.78 is 10.8. The van der Waals surface area contributed by atoms with Gasteiger partial charge in [-0.05, 0) is 47.2 Å². The molecule has 3 rings (SSSR count). The van der Waals surface area contributed by atoms with Gasteiger partial charge in [-0.2, -0.15) is 0 Å². The molecule has 0 bridgehead atoms. The molecule has 29 heavy (non-hydrogen) atoms. The van der Waals surface area contributed by atoms with Crippen LogP contribution in [0.15, 0.2) is 36.4 Å². The monoisotopic (exact) mass is 397 g/mol. The maximum Gasteiger partial charge on any atom is 0.305 e. The van der Waals surface area contributed by atoms with Gasteiger partial charge in [-0.15, -0.1) is 0 Å². The summed E-state index contributed by atoms with van der Waals surface area (Å²) in [5.41, 5.74) is 3.93. The average Bonchev–Trinajstić information content (AvgIpc) is 2.72. The number of carboxylic acids is 1. The number of carbonyl (C=O) groups is 2. The first-order valence-electron chi connectivity index (χ1n) is 9.80.